The Morgan fingerprint density at radius 2 is 1.96 bits per heavy atom. The van der Waals surface area contributed by atoms with Gasteiger partial charge in [-0.3, -0.25) is 14.7 Å². The molecule has 0 saturated carbocycles. The molecule has 126 valence electrons. The molecule has 0 radical (unpaired) electrons. The van der Waals surface area contributed by atoms with E-state index in [1.807, 2.05) is 30.3 Å². The third-order valence-electron chi connectivity index (χ3n) is 3.90. The summed E-state index contributed by atoms with van der Waals surface area (Å²) in [6.45, 7) is 0.878. The highest BCUT2D eigenvalue weighted by atomic mass is 35.5. The SMILES string of the molecule is O=C1CCC(CN(OCc2cc(Cl)ccc2Cl)c2ccccc2)N1. The van der Waals surface area contributed by atoms with Gasteiger partial charge in [-0.15, -0.1) is 0 Å². The summed E-state index contributed by atoms with van der Waals surface area (Å²) in [6.07, 6.45) is 1.37. The number of rotatable bonds is 6. The van der Waals surface area contributed by atoms with Gasteiger partial charge in [-0.2, -0.15) is 0 Å². The average molecular weight is 365 g/mol. The number of nitrogens with zero attached hydrogens (tertiary/aromatic N) is 1. The van der Waals surface area contributed by atoms with Crippen molar-refractivity contribution in [1.29, 1.82) is 0 Å². The number of amides is 1. The predicted octanol–water partition coefficient (Wildman–Crippen LogP) is 4.21. The number of carbonyl (C=O) groups excluding carboxylic acids is 1. The average Bonchev–Trinajstić information content (AvgIpc) is 3.00. The van der Waals surface area contributed by atoms with Crippen LogP contribution < -0.4 is 10.4 Å². The van der Waals surface area contributed by atoms with Crippen molar-refractivity contribution >= 4 is 34.8 Å². The van der Waals surface area contributed by atoms with E-state index in [-0.39, 0.29) is 11.9 Å². The Morgan fingerprint density at radius 1 is 1.17 bits per heavy atom. The van der Waals surface area contributed by atoms with E-state index in [9.17, 15) is 4.79 Å². The zero-order valence-corrected chi connectivity index (χ0v) is 14.6. The molecule has 1 fully saturated rings. The monoisotopic (exact) mass is 364 g/mol. The van der Waals surface area contributed by atoms with Crippen molar-refractivity contribution < 1.29 is 9.63 Å². The summed E-state index contributed by atoms with van der Waals surface area (Å²) in [5.41, 5.74) is 1.75. The second-order valence-corrected chi connectivity index (χ2v) is 6.55. The highest BCUT2D eigenvalue weighted by Gasteiger charge is 2.24. The zero-order chi connectivity index (χ0) is 16.9. The molecule has 6 heteroatoms. The Balaban J connectivity index is 1.72. The van der Waals surface area contributed by atoms with Crippen molar-refractivity contribution in [3.63, 3.8) is 0 Å². The van der Waals surface area contributed by atoms with E-state index in [4.69, 9.17) is 28.0 Å². The summed E-state index contributed by atoms with van der Waals surface area (Å²) in [6, 6.07) is 15.2. The quantitative estimate of drug-likeness (QED) is 0.780. The number of nitrogens with one attached hydrogen (secondary N) is 1. The molecule has 0 aromatic heterocycles. The molecule has 0 bridgehead atoms. The molecule has 1 heterocycles. The summed E-state index contributed by atoms with van der Waals surface area (Å²) < 4.78 is 0. The van der Waals surface area contributed by atoms with Gasteiger partial charge in [0.05, 0.1) is 12.2 Å². The summed E-state index contributed by atoms with van der Waals surface area (Å²) in [7, 11) is 0. The minimum atomic E-state index is 0.0764. The molecule has 2 aromatic rings. The molecular formula is C18H18Cl2N2O2. The molecule has 1 saturated heterocycles. The van der Waals surface area contributed by atoms with E-state index in [1.165, 1.54) is 0 Å². The van der Waals surface area contributed by atoms with Gasteiger partial charge in [0.25, 0.3) is 0 Å². The number of hydroxylamine groups is 1. The van der Waals surface area contributed by atoms with Crippen molar-refractivity contribution in [2.45, 2.75) is 25.5 Å². The van der Waals surface area contributed by atoms with Crippen LogP contribution in [-0.4, -0.2) is 18.5 Å². The Morgan fingerprint density at radius 3 is 2.67 bits per heavy atom. The van der Waals surface area contributed by atoms with Gasteiger partial charge in [0.1, 0.15) is 6.61 Å². The fraction of sp³-hybridized carbons (Fsp3) is 0.278. The fourth-order valence-electron chi connectivity index (χ4n) is 2.64. The molecule has 0 spiro atoms. The van der Waals surface area contributed by atoms with Gasteiger partial charge < -0.3 is 5.32 Å². The minimum Gasteiger partial charge on any atom is -0.351 e. The molecule has 1 N–H and O–H groups in total. The molecule has 1 atom stereocenters. The third-order valence-corrected chi connectivity index (χ3v) is 4.50. The molecule has 1 amide bonds. The molecule has 1 unspecified atom stereocenters. The molecule has 1 aliphatic rings. The van der Waals surface area contributed by atoms with Gasteiger partial charge >= 0.3 is 0 Å². The van der Waals surface area contributed by atoms with E-state index >= 15 is 0 Å². The Hall–Kier alpha value is -1.75. The van der Waals surface area contributed by atoms with Gasteiger partial charge in [0.15, 0.2) is 0 Å². The molecule has 3 rings (SSSR count). The molecule has 0 aliphatic carbocycles. The van der Waals surface area contributed by atoms with Crippen LogP contribution in [0.25, 0.3) is 0 Å². The van der Waals surface area contributed by atoms with E-state index in [2.05, 4.69) is 5.32 Å². The van der Waals surface area contributed by atoms with Gasteiger partial charge in [0, 0.05) is 28.1 Å². The number of halogens is 2. The van der Waals surface area contributed by atoms with E-state index < -0.39 is 0 Å². The third kappa shape index (κ3) is 4.41. The van der Waals surface area contributed by atoms with Crippen LogP contribution in [0, 0.1) is 0 Å². The van der Waals surface area contributed by atoms with Crippen molar-refractivity contribution in [3.8, 4) is 0 Å². The molecule has 2 aromatic carbocycles. The van der Waals surface area contributed by atoms with Crippen LogP contribution in [0.5, 0.6) is 0 Å². The Labute approximate surface area is 151 Å². The van der Waals surface area contributed by atoms with Gasteiger partial charge in [-0.05, 0) is 36.8 Å². The number of anilines is 1. The van der Waals surface area contributed by atoms with Crippen molar-refractivity contribution in [2.75, 3.05) is 11.6 Å². The van der Waals surface area contributed by atoms with Crippen LogP contribution >= 0.6 is 23.2 Å². The lowest BCUT2D eigenvalue weighted by Crippen LogP contribution is -2.38. The summed E-state index contributed by atoms with van der Waals surface area (Å²) in [5.74, 6) is 0.0888. The van der Waals surface area contributed by atoms with E-state index in [0.717, 1.165) is 17.7 Å². The van der Waals surface area contributed by atoms with Gasteiger partial charge in [-0.25, -0.2) is 0 Å². The maximum Gasteiger partial charge on any atom is 0.220 e. The molecule has 1 aliphatic heterocycles. The smallest absolute Gasteiger partial charge is 0.220 e. The summed E-state index contributed by atoms with van der Waals surface area (Å²) in [5, 5.41) is 5.99. The topological polar surface area (TPSA) is 41.6 Å². The number of carbonyl (C=O) groups is 1. The van der Waals surface area contributed by atoms with Crippen molar-refractivity contribution in [1.82, 2.24) is 5.32 Å². The first-order valence-electron chi connectivity index (χ1n) is 7.80. The second-order valence-electron chi connectivity index (χ2n) is 5.71. The van der Waals surface area contributed by atoms with Crippen molar-refractivity contribution in [3.05, 3.63) is 64.1 Å². The number of para-hydroxylation sites is 1. The largest absolute Gasteiger partial charge is 0.351 e. The molecular weight excluding hydrogens is 347 g/mol. The first-order valence-corrected chi connectivity index (χ1v) is 8.56. The van der Waals surface area contributed by atoms with Crippen LogP contribution in [0.3, 0.4) is 0 Å². The van der Waals surface area contributed by atoms with Gasteiger partial charge in [-0.1, -0.05) is 41.4 Å². The second kappa shape index (κ2) is 7.88. The number of hydrogen-bond acceptors (Lipinski definition) is 3. The summed E-state index contributed by atoms with van der Waals surface area (Å²) >= 11 is 12.2. The van der Waals surface area contributed by atoms with Crippen LogP contribution in [0.4, 0.5) is 5.69 Å². The lowest BCUT2D eigenvalue weighted by molar-refractivity contribution is -0.119. The molecule has 4 nitrogen and oxygen atoms in total. The van der Waals surface area contributed by atoms with Crippen LogP contribution in [0.15, 0.2) is 48.5 Å². The first kappa shape index (κ1) is 17.1. The zero-order valence-electron chi connectivity index (χ0n) is 13.0. The fourth-order valence-corrected chi connectivity index (χ4v) is 3.01. The maximum absolute atomic E-state index is 11.4. The predicted molar refractivity (Wildman–Crippen MR) is 96.2 cm³/mol. The highest BCUT2D eigenvalue weighted by molar-refractivity contribution is 6.33. The molecule has 24 heavy (non-hydrogen) atoms. The van der Waals surface area contributed by atoms with Crippen LogP contribution in [-0.2, 0) is 16.2 Å². The van der Waals surface area contributed by atoms with E-state index in [1.54, 1.807) is 23.3 Å². The lowest BCUT2D eigenvalue weighted by Gasteiger charge is -2.27. The lowest BCUT2D eigenvalue weighted by atomic mass is 10.2. The van der Waals surface area contributed by atoms with Gasteiger partial charge in [0.2, 0.25) is 5.91 Å². The number of hydrogen-bond donors (Lipinski definition) is 1. The summed E-state index contributed by atoms with van der Waals surface area (Å²) in [4.78, 5) is 17.4. The van der Waals surface area contributed by atoms with Crippen LogP contribution in [0.2, 0.25) is 10.0 Å². The highest BCUT2D eigenvalue weighted by Crippen LogP contribution is 2.23. The van der Waals surface area contributed by atoms with E-state index in [0.29, 0.717) is 29.6 Å². The minimum absolute atomic E-state index is 0.0764. The first-order chi connectivity index (χ1) is 11.6. The standard InChI is InChI=1S/C18H18Cl2N2O2/c19-14-6-8-17(20)13(10-14)12-24-22(16-4-2-1-3-5-16)11-15-7-9-18(23)21-15/h1-6,8,10,15H,7,9,11-12H2,(H,21,23). The number of benzene rings is 2. The van der Waals surface area contributed by atoms with Crippen molar-refractivity contribution in [2.24, 2.45) is 0 Å². The Kier molecular flexibility index (Phi) is 5.61. The van der Waals surface area contributed by atoms with Crippen LogP contribution in [0.1, 0.15) is 18.4 Å². The Bertz CT molecular complexity index is 709. The maximum atomic E-state index is 11.4. The normalized spacial score (nSPS) is 16.9.